The summed E-state index contributed by atoms with van der Waals surface area (Å²) in [5, 5.41) is 2.65. The maximum absolute atomic E-state index is 13.4. The van der Waals surface area contributed by atoms with Crippen molar-refractivity contribution in [2.24, 2.45) is 0 Å². The Kier molecular flexibility index (Phi) is 8.72. The van der Waals surface area contributed by atoms with Gasteiger partial charge in [0.25, 0.3) is 10.0 Å². The first-order valence-electron chi connectivity index (χ1n) is 11.3. The standard InChI is InChI=1S/C25H29N3O6S2/c1-4-27(5-2)35(30,31)24-16-14-20(15-17-24)26-25(29)19-28(21-10-9-11-22(18-21)34-3)36(32,33)23-12-7-6-8-13-23/h6-18H,4-5,19H2,1-3H3,(H,26,29). The second kappa shape index (κ2) is 11.5. The number of rotatable bonds is 11. The highest BCUT2D eigenvalue weighted by Crippen LogP contribution is 2.27. The molecule has 0 aliphatic carbocycles. The smallest absolute Gasteiger partial charge is 0.264 e. The number of methoxy groups -OCH3 is 1. The van der Waals surface area contributed by atoms with Crippen molar-refractivity contribution in [3.05, 3.63) is 78.9 Å². The van der Waals surface area contributed by atoms with E-state index in [9.17, 15) is 21.6 Å². The van der Waals surface area contributed by atoms with Gasteiger partial charge in [0, 0.05) is 24.8 Å². The summed E-state index contributed by atoms with van der Waals surface area (Å²) in [6.07, 6.45) is 0. The molecule has 11 heteroatoms. The van der Waals surface area contributed by atoms with E-state index in [0.717, 1.165) is 4.31 Å². The maximum atomic E-state index is 13.4. The zero-order chi connectivity index (χ0) is 26.3. The second-order valence-electron chi connectivity index (χ2n) is 7.69. The van der Waals surface area contributed by atoms with Crippen LogP contribution < -0.4 is 14.4 Å². The summed E-state index contributed by atoms with van der Waals surface area (Å²) in [6, 6.07) is 20.0. The Bertz CT molecular complexity index is 1390. The van der Waals surface area contributed by atoms with Crippen LogP contribution in [0.2, 0.25) is 0 Å². The topological polar surface area (TPSA) is 113 Å². The van der Waals surface area contributed by atoms with Crippen LogP contribution in [-0.4, -0.2) is 53.8 Å². The Morgan fingerprint density at radius 1 is 0.806 bits per heavy atom. The summed E-state index contributed by atoms with van der Waals surface area (Å²) < 4.78 is 59.8. The van der Waals surface area contributed by atoms with Gasteiger partial charge in [0.2, 0.25) is 15.9 Å². The van der Waals surface area contributed by atoms with Gasteiger partial charge < -0.3 is 10.1 Å². The molecule has 0 radical (unpaired) electrons. The minimum atomic E-state index is -4.08. The Morgan fingerprint density at radius 3 is 2.00 bits per heavy atom. The third-order valence-electron chi connectivity index (χ3n) is 5.44. The highest BCUT2D eigenvalue weighted by atomic mass is 32.2. The number of anilines is 2. The summed E-state index contributed by atoms with van der Waals surface area (Å²) >= 11 is 0. The van der Waals surface area contributed by atoms with Crippen molar-refractivity contribution < 1.29 is 26.4 Å². The van der Waals surface area contributed by atoms with Crippen molar-refractivity contribution in [3.8, 4) is 5.75 Å². The summed E-state index contributed by atoms with van der Waals surface area (Å²) in [4.78, 5) is 13.1. The minimum Gasteiger partial charge on any atom is -0.497 e. The van der Waals surface area contributed by atoms with Crippen molar-refractivity contribution in [1.82, 2.24) is 4.31 Å². The zero-order valence-electron chi connectivity index (χ0n) is 20.3. The number of carbonyl (C=O) groups excluding carboxylic acids is 1. The second-order valence-corrected chi connectivity index (χ2v) is 11.5. The molecular formula is C25H29N3O6S2. The average Bonchev–Trinajstić information content (AvgIpc) is 2.88. The number of hydrogen-bond acceptors (Lipinski definition) is 6. The third-order valence-corrected chi connectivity index (χ3v) is 9.29. The van der Waals surface area contributed by atoms with Crippen LogP contribution in [0.25, 0.3) is 0 Å². The molecule has 0 atom stereocenters. The molecule has 0 saturated heterocycles. The monoisotopic (exact) mass is 531 g/mol. The van der Waals surface area contributed by atoms with Crippen LogP contribution in [0.4, 0.5) is 11.4 Å². The lowest BCUT2D eigenvalue weighted by Crippen LogP contribution is -2.38. The fourth-order valence-corrected chi connectivity index (χ4v) is 6.45. The maximum Gasteiger partial charge on any atom is 0.264 e. The van der Waals surface area contributed by atoms with Gasteiger partial charge in [-0.25, -0.2) is 16.8 Å². The van der Waals surface area contributed by atoms with E-state index in [4.69, 9.17) is 4.74 Å². The molecule has 0 heterocycles. The molecule has 9 nitrogen and oxygen atoms in total. The van der Waals surface area contributed by atoms with Gasteiger partial charge in [-0.1, -0.05) is 38.1 Å². The fourth-order valence-electron chi connectivity index (χ4n) is 3.55. The third kappa shape index (κ3) is 6.04. The van der Waals surface area contributed by atoms with E-state index in [1.807, 2.05) is 0 Å². The summed E-state index contributed by atoms with van der Waals surface area (Å²) in [5.41, 5.74) is 0.593. The number of amides is 1. The molecule has 0 unspecified atom stereocenters. The number of nitrogens with zero attached hydrogens (tertiary/aromatic N) is 2. The molecule has 0 aliphatic heterocycles. The van der Waals surface area contributed by atoms with E-state index in [1.54, 1.807) is 50.2 Å². The van der Waals surface area contributed by atoms with Crippen molar-refractivity contribution >= 4 is 37.3 Å². The van der Waals surface area contributed by atoms with E-state index < -0.39 is 32.5 Å². The molecule has 1 N–H and O–H groups in total. The average molecular weight is 532 g/mol. The molecule has 0 spiro atoms. The molecular weight excluding hydrogens is 502 g/mol. The quantitative estimate of drug-likeness (QED) is 0.405. The van der Waals surface area contributed by atoms with Crippen LogP contribution in [0.5, 0.6) is 5.75 Å². The van der Waals surface area contributed by atoms with Crippen molar-refractivity contribution in [2.45, 2.75) is 23.6 Å². The summed E-state index contributed by atoms with van der Waals surface area (Å²) in [5.74, 6) is -0.164. The zero-order valence-corrected chi connectivity index (χ0v) is 21.9. The molecule has 3 rings (SSSR count). The number of benzene rings is 3. The Labute approximate surface area is 212 Å². The largest absolute Gasteiger partial charge is 0.497 e. The molecule has 0 fully saturated rings. The number of hydrogen-bond donors (Lipinski definition) is 1. The first-order valence-corrected chi connectivity index (χ1v) is 14.1. The molecule has 0 aromatic heterocycles. The highest BCUT2D eigenvalue weighted by molar-refractivity contribution is 7.92. The molecule has 0 aliphatic rings. The SMILES string of the molecule is CCN(CC)S(=O)(=O)c1ccc(NC(=O)CN(c2cccc(OC)c2)S(=O)(=O)c2ccccc2)cc1. The molecule has 0 bridgehead atoms. The molecule has 3 aromatic rings. The highest BCUT2D eigenvalue weighted by Gasteiger charge is 2.28. The predicted molar refractivity (Wildman–Crippen MR) is 139 cm³/mol. The lowest BCUT2D eigenvalue weighted by molar-refractivity contribution is -0.114. The first-order chi connectivity index (χ1) is 17.1. The van der Waals surface area contributed by atoms with E-state index in [0.29, 0.717) is 24.5 Å². The van der Waals surface area contributed by atoms with Crippen LogP contribution in [0.15, 0.2) is 88.7 Å². The molecule has 1 amide bonds. The molecule has 192 valence electrons. The molecule has 0 saturated carbocycles. The van der Waals surface area contributed by atoms with Crippen molar-refractivity contribution in [2.75, 3.05) is 36.4 Å². The van der Waals surface area contributed by atoms with E-state index >= 15 is 0 Å². The Morgan fingerprint density at radius 2 is 1.42 bits per heavy atom. The van der Waals surface area contributed by atoms with Gasteiger partial charge in [0.1, 0.15) is 12.3 Å². The van der Waals surface area contributed by atoms with Gasteiger partial charge in [-0.3, -0.25) is 9.10 Å². The number of carbonyl (C=O) groups is 1. The molecule has 36 heavy (non-hydrogen) atoms. The van der Waals surface area contributed by atoms with Gasteiger partial charge in [0.15, 0.2) is 0 Å². The van der Waals surface area contributed by atoms with Gasteiger partial charge in [0.05, 0.1) is 22.6 Å². The van der Waals surface area contributed by atoms with Gasteiger partial charge in [-0.15, -0.1) is 0 Å². The Hall–Kier alpha value is -3.41. The van der Waals surface area contributed by atoms with E-state index in [-0.39, 0.29) is 15.5 Å². The lowest BCUT2D eigenvalue weighted by atomic mass is 10.3. The van der Waals surface area contributed by atoms with Crippen LogP contribution in [0.3, 0.4) is 0 Å². The minimum absolute atomic E-state index is 0.0339. The van der Waals surface area contributed by atoms with Crippen LogP contribution in [-0.2, 0) is 24.8 Å². The van der Waals surface area contributed by atoms with E-state index in [1.165, 1.54) is 53.9 Å². The normalized spacial score (nSPS) is 11.8. The Balaban J connectivity index is 1.86. The number of nitrogens with one attached hydrogen (secondary N) is 1. The summed E-state index contributed by atoms with van der Waals surface area (Å²) in [6.45, 7) is 3.69. The van der Waals surface area contributed by atoms with Gasteiger partial charge in [-0.05, 0) is 48.5 Å². The molecule has 3 aromatic carbocycles. The summed E-state index contributed by atoms with van der Waals surface area (Å²) in [7, 11) is -6.25. The van der Waals surface area contributed by atoms with Crippen LogP contribution in [0, 0.1) is 0 Å². The van der Waals surface area contributed by atoms with Gasteiger partial charge >= 0.3 is 0 Å². The fraction of sp³-hybridized carbons (Fsp3) is 0.240. The van der Waals surface area contributed by atoms with Crippen molar-refractivity contribution in [3.63, 3.8) is 0 Å². The number of sulfonamides is 2. The lowest BCUT2D eigenvalue weighted by Gasteiger charge is -2.24. The number of ether oxygens (including phenoxy) is 1. The van der Waals surface area contributed by atoms with Crippen molar-refractivity contribution in [1.29, 1.82) is 0 Å². The van der Waals surface area contributed by atoms with Gasteiger partial charge in [-0.2, -0.15) is 4.31 Å². The van der Waals surface area contributed by atoms with Crippen LogP contribution in [0.1, 0.15) is 13.8 Å². The van der Waals surface area contributed by atoms with E-state index in [2.05, 4.69) is 5.32 Å². The van der Waals surface area contributed by atoms with Crippen LogP contribution >= 0.6 is 0 Å². The predicted octanol–water partition coefficient (Wildman–Crippen LogP) is 3.56. The first kappa shape index (κ1) is 27.2.